The van der Waals surface area contributed by atoms with E-state index in [1.807, 2.05) is 19.9 Å². The van der Waals surface area contributed by atoms with E-state index in [-0.39, 0.29) is 5.60 Å². The van der Waals surface area contributed by atoms with E-state index >= 15 is 0 Å². The molecule has 0 aromatic heterocycles. The topological polar surface area (TPSA) is 18.5 Å². The van der Waals surface area contributed by atoms with Crippen LogP contribution in [0.1, 0.15) is 58.1 Å². The zero-order valence-electron chi connectivity index (χ0n) is 14.8. The summed E-state index contributed by atoms with van der Waals surface area (Å²) >= 11 is 0. The molecule has 0 atom stereocenters. The van der Waals surface area contributed by atoms with Gasteiger partial charge in [-0.25, -0.2) is 0 Å². The second kappa shape index (κ2) is 10.4. The third kappa shape index (κ3) is 7.91. The molecule has 2 heteroatoms. The van der Waals surface area contributed by atoms with E-state index in [0.29, 0.717) is 0 Å². The zero-order chi connectivity index (χ0) is 16.3. The molecule has 0 saturated heterocycles. The monoisotopic (exact) mass is 292 g/mol. The number of benzene rings is 1. The van der Waals surface area contributed by atoms with Gasteiger partial charge in [-0.05, 0) is 52.2 Å². The van der Waals surface area contributed by atoms with Crippen LogP contribution in [0.15, 0.2) is 24.3 Å². The second-order valence-electron chi connectivity index (χ2n) is 5.50. The van der Waals surface area contributed by atoms with E-state index in [4.69, 9.17) is 9.47 Å². The van der Waals surface area contributed by atoms with Crippen molar-refractivity contribution < 1.29 is 9.47 Å². The Hall–Kier alpha value is -1.28. The molecule has 0 aliphatic rings. The summed E-state index contributed by atoms with van der Waals surface area (Å²) in [6, 6.07) is 6.23. The molecule has 0 spiro atoms. The van der Waals surface area contributed by atoms with Crippen molar-refractivity contribution in [1.82, 2.24) is 0 Å². The van der Waals surface area contributed by atoms with E-state index in [2.05, 4.69) is 45.1 Å². The standard InChI is InChI=1S/C17H26O2.C2H6/c1-14-10-11-16(18-4)15(13-14)9-7-6-8-12-17(2,3)19-5;1-2/h7,9-11,13H,6,8,12H2,1-5H3;1-2H3/b9-7+;. The molecule has 0 aliphatic carbocycles. The quantitative estimate of drug-likeness (QED) is 0.606. The van der Waals surface area contributed by atoms with E-state index in [1.54, 1.807) is 14.2 Å². The molecule has 2 nitrogen and oxygen atoms in total. The molecule has 0 aliphatic heterocycles. The van der Waals surface area contributed by atoms with Gasteiger partial charge < -0.3 is 9.47 Å². The van der Waals surface area contributed by atoms with E-state index in [0.717, 1.165) is 30.6 Å². The summed E-state index contributed by atoms with van der Waals surface area (Å²) in [5, 5.41) is 0. The van der Waals surface area contributed by atoms with Crippen molar-refractivity contribution in [3.63, 3.8) is 0 Å². The van der Waals surface area contributed by atoms with Gasteiger partial charge in [-0.3, -0.25) is 0 Å². The van der Waals surface area contributed by atoms with Crippen molar-refractivity contribution in [1.29, 1.82) is 0 Å². The van der Waals surface area contributed by atoms with Gasteiger partial charge in [0.05, 0.1) is 12.7 Å². The summed E-state index contributed by atoms with van der Waals surface area (Å²) in [4.78, 5) is 0. The van der Waals surface area contributed by atoms with Crippen molar-refractivity contribution in [2.75, 3.05) is 14.2 Å². The van der Waals surface area contributed by atoms with Gasteiger partial charge >= 0.3 is 0 Å². The summed E-state index contributed by atoms with van der Waals surface area (Å²) in [6.07, 6.45) is 7.61. The molecule has 1 aromatic carbocycles. The fourth-order valence-electron chi connectivity index (χ4n) is 1.94. The molecule has 0 fully saturated rings. The molecular formula is C19H32O2. The van der Waals surface area contributed by atoms with Crippen molar-refractivity contribution in [3.05, 3.63) is 35.4 Å². The molecule has 21 heavy (non-hydrogen) atoms. The Bertz CT molecular complexity index is 420. The summed E-state index contributed by atoms with van der Waals surface area (Å²) in [7, 11) is 3.48. The average molecular weight is 292 g/mol. The minimum absolute atomic E-state index is 0.0190. The number of aryl methyl sites for hydroxylation is 1. The smallest absolute Gasteiger partial charge is 0.126 e. The minimum Gasteiger partial charge on any atom is -0.496 e. The van der Waals surface area contributed by atoms with Crippen LogP contribution in [0.2, 0.25) is 0 Å². The third-order valence-corrected chi connectivity index (χ3v) is 3.38. The lowest BCUT2D eigenvalue weighted by molar-refractivity contribution is 0.0141. The Balaban J connectivity index is 0.00000191. The third-order valence-electron chi connectivity index (χ3n) is 3.38. The molecule has 0 amide bonds. The van der Waals surface area contributed by atoms with Crippen LogP contribution in [0.4, 0.5) is 0 Å². The highest BCUT2D eigenvalue weighted by Crippen LogP contribution is 2.22. The molecule has 1 rings (SSSR count). The van der Waals surface area contributed by atoms with Gasteiger partial charge in [0.2, 0.25) is 0 Å². The van der Waals surface area contributed by atoms with Gasteiger partial charge in [0, 0.05) is 12.7 Å². The van der Waals surface area contributed by atoms with Crippen LogP contribution >= 0.6 is 0 Å². The number of allylic oxidation sites excluding steroid dienone is 1. The van der Waals surface area contributed by atoms with E-state index in [1.165, 1.54) is 5.56 Å². The molecule has 0 bridgehead atoms. The van der Waals surface area contributed by atoms with Crippen LogP contribution in [0.5, 0.6) is 5.75 Å². The van der Waals surface area contributed by atoms with Gasteiger partial charge in [0.15, 0.2) is 0 Å². The minimum atomic E-state index is -0.0190. The SMILES string of the molecule is CC.COc1ccc(C)cc1/C=C/CCCC(C)(C)OC. The number of hydrogen-bond acceptors (Lipinski definition) is 2. The first kappa shape index (κ1) is 19.7. The van der Waals surface area contributed by atoms with Crippen LogP contribution in [-0.2, 0) is 4.74 Å². The Morgan fingerprint density at radius 2 is 1.81 bits per heavy atom. The largest absolute Gasteiger partial charge is 0.496 e. The number of rotatable bonds is 7. The predicted octanol–water partition coefficient (Wildman–Crippen LogP) is 5.64. The van der Waals surface area contributed by atoms with Crippen LogP contribution in [-0.4, -0.2) is 19.8 Å². The van der Waals surface area contributed by atoms with Crippen molar-refractivity contribution in [2.45, 2.75) is 59.5 Å². The van der Waals surface area contributed by atoms with Crippen molar-refractivity contribution >= 4 is 6.08 Å². The maximum Gasteiger partial charge on any atom is 0.126 e. The molecule has 0 radical (unpaired) electrons. The first-order valence-corrected chi connectivity index (χ1v) is 7.85. The normalized spacial score (nSPS) is 11.2. The van der Waals surface area contributed by atoms with E-state index < -0.39 is 0 Å². The Morgan fingerprint density at radius 3 is 2.38 bits per heavy atom. The van der Waals surface area contributed by atoms with E-state index in [9.17, 15) is 0 Å². The van der Waals surface area contributed by atoms with Gasteiger partial charge in [-0.1, -0.05) is 37.6 Å². The fourth-order valence-corrected chi connectivity index (χ4v) is 1.94. The van der Waals surface area contributed by atoms with Crippen molar-refractivity contribution in [3.8, 4) is 5.75 Å². The number of methoxy groups -OCH3 is 2. The van der Waals surface area contributed by atoms with Gasteiger partial charge in [0.25, 0.3) is 0 Å². The summed E-state index contributed by atoms with van der Waals surface area (Å²) in [6.45, 7) is 10.3. The van der Waals surface area contributed by atoms with Crippen LogP contribution in [0.3, 0.4) is 0 Å². The highest BCUT2D eigenvalue weighted by molar-refractivity contribution is 5.58. The molecule has 1 aromatic rings. The first-order chi connectivity index (χ1) is 9.98. The molecule has 0 heterocycles. The summed E-state index contributed by atoms with van der Waals surface area (Å²) in [5.74, 6) is 0.930. The Kier molecular flexibility index (Phi) is 9.81. The summed E-state index contributed by atoms with van der Waals surface area (Å²) in [5.41, 5.74) is 2.38. The molecule has 120 valence electrons. The predicted molar refractivity (Wildman–Crippen MR) is 93.1 cm³/mol. The molecule has 0 unspecified atom stereocenters. The lowest BCUT2D eigenvalue weighted by Gasteiger charge is -2.22. The lowest BCUT2D eigenvalue weighted by atomic mass is 10.0. The summed E-state index contributed by atoms with van der Waals surface area (Å²) < 4.78 is 10.8. The van der Waals surface area contributed by atoms with Gasteiger partial charge in [-0.2, -0.15) is 0 Å². The Morgan fingerprint density at radius 1 is 1.14 bits per heavy atom. The van der Waals surface area contributed by atoms with Gasteiger partial charge in [-0.15, -0.1) is 0 Å². The number of unbranched alkanes of at least 4 members (excludes halogenated alkanes) is 1. The second-order valence-corrected chi connectivity index (χ2v) is 5.50. The Labute approximate surface area is 131 Å². The fraction of sp³-hybridized carbons (Fsp3) is 0.579. The maximum absolute atomic E-state index is 5.41. The number of ether oxygens (including phenoxy) is 2. The molecular weight excluding hydrogens is 260 g/mol. The van der Waals surface area contributed by atoms with Gasteiger partial charge in [0.1, 0.15) is 5.75 Å². The highest BCUT2D eigenvalue weighted by Gasteiger charge is 2.14. The van der Waals surface area contributed by atoms with Crippen LogP contribution in [0.25, 0.3) is 6.08 Å². The molecule has 0 saturated carbocycles. The average Bonchev–Trinajstić information content (AvgIpc) is 2.49. The first-order valence-electron chi connectivity index (χ1n) is 7.85. The van der Waals surface area contributed by atoms with Crippen LogP contribution in [0, 0.1) is 6.92 Å². The lowest BCUT2D eigenvalue weighted by Crippen LogP contribution is -2.21. The number of hydrogen-bond donors (Lipinski definition) is 0. The van der Waals surface area contributed by atoms with Crippen LogP contribution < -0.4 is 4.74 Å². The zero-order valence-corrected chi connectivity index (χ0v) is 14.8. The molecule has 0 N–H and O–H groups in total. The maximum atomic E-state index is 5.41. The van der Waals surface area contributed by atoms with Crippen molar-refractivity contribution in [2.24, 2.45) is 0 Å². The highest BCUT2D eigenvalue weighted by atomic mass is 16.5.